The summed E-state index contributed by atoms with van der Waals surface area (Å²) < 4.78 is 0. The molecule has 1 heterocycles. The van der Waals surface area contributed by atoms with Crippen LogP contribution in [0.1, 0.15) is 5.69 Å². The van der Waals surface area contributed by atoms with E-state index in [1.165, 1.54) is 0 Å². The van der Waals surface area contributed by atoms with E-state index in [-0.39, 0.29) is 17.0 Å². The molecule has 10 heavy (non-hydrogen) atoms. The first-order chi connectivity index (χ1) is 4.43. The Bertz CT molecular complexity index is 188. The number of aldehydes is 1. The van der Waals surface area contributed by atoms with E-state index in [1.807, 2.05) is 18.2 Å². The normalized spacial score (nSPS) is 8.00. The second-order valence-corrected chi connectivity index (χ2v) is 1.69. The first-order valence-electron chi connectivity index (χ1n) is 2.77. The van der Waals surface area contributed by atoms with Gasteiger partial charge in [-0.2, -0.15) is 0 Å². The van der Waals surface area contributed by atoms with Gasteiger partial charge in [0.15, 0.2) is 0 Å². The van der Waals surface area contributed by atoms with Gasteiger partial charge in [-0.25, -0.2) is 0 Å². The lowest BCUT2D eigenvalue weighted by molar-refractivity contribution is -0.107. The van der Waals surface area contributed by atoms with Crippen LogP contribution < -0.4 is 0 Å². The minimum atomic E-state index is 0. The molecule has 1 aromatic rings. The van der Waals surface area contributed by atoms with Crippen LogP contribution in [0.2, 0.25) is 0 Å². The van der Waals surface area contributed by atoms with Crippen molar-refractivity contribution in [3.05, 3.63) is 30.1 Å². The maximum atomic E-state index is 9.93. The van der Waals surface area contributed by atoms with Crippen molar-refractivity contribution in [1.82, 2.24) is 4.98 Å². The SMILES string of the molecule is Br.O=CCc1ccccn1. The quantitative estimate of drug-likeness (QED) is 0.678. The highest BCUT2D eigenvalue weighted by Crippen LogP contribution is 1.90. The molecule has 0 unspecified atom stereocenters. The second kappa shape index (κ2) is 5.11. The Labute approximate surface area is 70.1 Å². The molecule has 54 valence electrons. The van der Waals surface area contributed by atoms with E-state index >= 15 is 0 Å². The Morgan fingerprint density at radius 3 is 2.80 bits per heavy atom. The van der Waals surface area contributed by atoms with Crippen LogP contribution in [0, 0.1) is 0 Å². The molecule has 3 heteroatoms. The first kappa shape index (κ1) is 9.30. The van der Waals surface area contributed by atoms with Crippen LogP contribution in [0.4, 0.5) is 0 Å². The highest BCUT2D eigenvalue weighted by Gasteiger charge is 1.86. The van der Waals surface area contributed by atoms with E-state index in [9.17, 15) is 4.79 Å². The molecule has 0 saturated carbocycles. The van der Waals surface area contributed by atoms with Gasteiger partial charge in [0.2, 0.25) is 0 Å². The van der Waals surface area contributed by atoms with Crippen molar-refractivity contribution >= 4 is 23.3 Å². The number of carbonyl (C=O) groups is 1. The lowest BCUT2D eigenvalue weighted by Crippen LogP contribution is -1.87. The zero-order valence-electron chi connectivity index (χ0n) is 5.36. The predicted molar refractivity (Wildman–Crippen MR) is 44.3 cm³/mol. The van der Waals surface area contributed by atoms with E-state index in [2.05, 4.69) is 4.98 Å². The third kappa shape index (κ3) is 2.73. The van der Waals surface area contributed by atoms with Crippen LogP contribution in [0.25, 0.3) is 0 Å². The predicted octanol–water partition coefficient (Wildman–Crippen LogP) is 1.40. The maximum Gasteiger partial charge on any atom is 0.125 e. The van der Waals surface area contributed by atoms with Crippen LogP contribution in [-0.2, 0) is 11.2 Å². The zero-order valence-corrected chi connectivity index (χ0v) is 7.07. The third-order valence-electron chi connectivity index (χ3n) is 1.02. The fourth-order valence-electron chi connectivity index (χ4n) is 0.604. The molecule has 0 aromatic carbocycles. The molecule has 0 aliphatic carbocycles. The van der Waals surface area contributed by atoms with Gasteiger partial charge in [0.1, 0.15) is 6.29 Å². The van der Waals surface area contributed by atoms with Gasteiger partial charge < -0.3 is 4.79 Å². The van der Waals surface area contributed by atoms with Crippen LogP contribution in [-0.4, -0.2) is 11.3 Å². The van der Waals surface area contributed by atoms with E-state index in [4.69, 9.17) is 0 Å². The van der Waals surface area contributed by atoms with Gasteiger partial charge in [0, 0.05) is 18.3 Å². The fourth-order valence-corrected chi connectivity index (χ4v) is 0.604. The summed E-state index contributed by atoms with van der Waals surface area (Å²) >= 11 is 0. The van der Waals surface area contributed by atoms with E-state index in [1.54, 1.807) is 6.20 Å². The van der Waals surface area contributed by atoms with Crippen LogP contribution in [0.15, 0.2) is 24.4 Å². The highest BCUT2D eigenvalue weighted by molar-refractivity contribution is 8.93. The lowest BCUT2D eigenvalue weighted by Gasteiger charge is -1.88. The molecule has 0 aliphatic rings. The molecule has 0 amide bonds. The number of pyridine rings is 1. The van der Waals surface area contributed by atoms with E-state index < -0.39 is 0 Å². The fraction of sp³-hybridized carbons (Fsp3) is 0.143. The molecule has 2 nitrogen and oxygen atoms in total. The van der Waals surface area contributed by atoms with E-state index in [0.29, 0.717) is 6.42 Å². The van der Waals surface area contributed by atoms with Crippen molar-refractivity contribution < 1.29 is 4.79 Å². The molecule has 0 spiro atoms. The van der Waals surface area contributed by atoms with Gasteiger partial charge >= 0.3 is 0 Å². The third-order valence-corrected chi connectivity index (χ3v) is 1.02. The second-order valence-electron chi connectivity index (χ2n) is 1.69. The zero-order chi connectivity index (χ0) is 6.53. The molecule has 0 aliphatic heterocycles. The number of aromatic nitrogens is 1. The average Bonchev–Trinajstić information content (AvgIpc) is 1.91. The maximum absolute atomic E-state index is 9.93. The van der Waals surface area contributed by atoms with Crippen molar-refractivity contribution in [1.29, 1.82) is 0 Å². The summed E-state index contributed by atoms with van der Waals surface area (Å²) in [6.07, 6.45) is 2.95. The van der Waals surface area contributed by atoms with Gasteiger partial charge in [-0.1, -0.05) is 6.07 Å². The Morgan fingerprint density at radius 1 is 1.50 bits per heavy atom. The van der Waals surface area contributed by atoms with Crippen molar-refractivity contribution in [3.63, 3.8) is 0 Å². The summed E-state index contributed by atoms with van der Waals surface area (Å²) in [7, 11) is 0. The van der Waals surface area contributed by atoms with Crippen molar-refractivity contribution in [2.75, 3.05) is 0 Å². The summed E-state index contributed by atoms with van der Waals surface area (Å²) in [5.74, 6) is 0. The van der Waals surface area contributed by atoms with Crippen LogP contribution in [0.5, 0.6) is 0 Å². The van der Waals surface area contributed by atoms with Gasteiger partial charge in [0.05, 0.1) is 0 Å². The monoisotopic (exact) mass is 201 g/mol. The van der Waals surface area contributed by atoms with Crippen molar-refractivity contribution in [2.24, 2.45) is 0 Å². The summed E-state index contributed by atoms with van der Waals surface area (Å²) in [6, 6.07) is 5.52. The molecule has 1 rings (SSSR count). The number of halogens is 1. The van der Waals surface area contributed by atoms with Gasteiger partial charge in [0.25, 0.3) is 0 Å². The number of carbonyl (C=O) groups excluding carboxylic acids is 1. The largest absolute Gasteiger partial charge is 0.303 e. The molecule has 0 N–H and O–H groups in total. The van der Waals surface area contributed by atoms with Crippen LogP contribution in [0.3, 0.4) is 0 Å². The number of hydrogen-bond acceptors (Lipinski definition) is 2. The molecular formula is C7H8BrNO. The highest BCUT2D eigenvalue weighted by atomic mass is 79.9. The lowest BCUT2D eigenvalue weighted by atomic mass is 10.3. The van der Waals surface area contributed by atoms with Gasteiger partial charge in [-0.15, -0.1) is 17.0 Å². The number of nitrogens with zero attached hydrogens (tertiary/aromatic N) is 1. The molecule has 1 aromatic heterocycles. The first-order valence-corrected chi connectivity index (χ1v) is 2.77. The average molecular weight is 202 g/mol. The Morgan fingerprint density at radius 2 is 2.30 bits per heavy atom. The summed E-state index contributed by atoms with van der Waals surface area (Å²) in [5.41, 5.74) is 0.826. The number of rotatable bonds is 2. The van der Waals surface area contributed by atoms with E-state index in [0.717, 1.165) is 12.0 Å². The minimum absolute atomic E-state index is 0. The number of hydrogen-bond donors (Lipinski definition) is 0. The van der Waals surface area contributed by atoms with Crippen molar-refractivity contribution in [3.8, 4) is 0 Å². The van der Waals surface area contributed by atoms with Crippen LogP contribution >= 0.6 is 17.0 Å². The molecular weight excluding hydrogens is 194 g/mol. The minimum Gasteiger partial charge on any atom is -0.303 e. The van der Waals surface area contributed by atoms with Gasteiger partial charge in [-0.05, 0) is 12.1 Å². The summed E-state index contributed by atoms with van der Waals surface area (Å²) in [6.45, 7) is 0. The Balaban J connectivity index is 0.000000810. The van der Waals surface area contributed by atoms with Gasteiger partial charge in [-0.3, -0.25) is 4.98 Å². The smallest absolute Gasteiger partial charge is 0.125 e. The molecule has 0 atom stereocenters. The molecule has 0 radical (unpaired) electrons. The molecule has 0 saturated heterocycles. The molecule has 0 bridgehead atoms. The Hall–Kier alpha value is -0.700. The Kier molecular flexibility index (Phi) is 4.76. The summed E-state index contributed by atoms with van der Waals surface area (Å²) in [4.78, 5) is 13.9. The summed E-state index contributed by atoms with van der Waals surface area (Å²) in [5, 5.41) is 0. The topological polar surface area (TPSA) is 30.0 Å². The molecule has 0 fully saturated rings. The standard InChI is InChI=1S/C7H7NO.BrH/c9-6-4-7-3-1-2-5-8-7;/h1-3,5-6H,4H2;1H. The van der Waals surface area contributed by atoms with Crippen molar-refractivity contribution in [2.45, 2.75) is 6.42 Å².